The fourth-order valence-electron chi connectivity index (χ4n) is 0.367. The first-order chi connectivity index (χ1) is 3.46. The van der Waals surface area contributed by atoms with Crippen LogP contribution in [-0.4, -0.2) is 13.4 Å². The number of halogens is 1. The van der Waals surface area contributed by atoms with Gasteiger partial charge < -0.3 is 5.14 Å². The molecule has 0 bridgehead atoms. The highest BCUT2D eigenvalue weighted by atomic mass is 32.2. The molecule has 0 atom stereocenters. The summed E-state index contributed by atoms with van der Waals surface area (Å²) in [6.07, 6.45) is -0.00231. The van der Waals surface area contributed by atoms with Crippen molar-refractivity contribution >= 4 is 10.0 Å². The van der Waals surface area contributed by atoms with Gasteiger partial charge >= 0.3 is 0 Å². The Kier molecular flexibility index (Phi) is 0.908. The van der Waals surface area contributed by atoms with E-state index in [0.29, 0.717) is 0 Å². The lowest BCUT2D eigenvalue weighted by Crippen LogP contribution is -2.11. The van der Waals surface area contributed by atoms with Gasteiger partial charge in [0, 0.05) is 0 Å². The molecule has 1 fully saturated rings. The highest BCUT2D eigenvalue weighted by Gasteiger charge is 2.49. The Hall–Kier alpha value is -0.160. The molecule has 1 rings (SSSR count). The zero-order valence-corrected chi connectivity index (χ0v) is 4.83. The SMILES string of the molecule is [NH-]S(=O)(=O)C1(F)CC1. The van der Waals surface area contributed by atoms with E-state index in [-0.39, 0.29) is 12.8 Å². The zero-order valence-electron chi connectivity index (χ0n) is 4.02. The number of hydrogen-bond donors (Lipinski definition) is 0. The van der Waals surface area contributed by atoms with Gasteiger partial charge in [-0.3, -0.25) is 0 Å². The molecule has 0 radical (unpaired) electrons. The molecule has 0 aromatic rings. The van der Waals surface area contributed by atoms with Crippen molar-refractivity contribution in [2.75, 3.05) is 0 Å². The summed E-state index contributed by atoms with van der Waals surface area (Å²) in [5.74, 6) is 0. The quantitative estimate of drug-likeness (QED) is 0.538. The Balaban J connectivity index is 2.90. The molecule has 1 N–H and O–H groups in total. The van der Waals surface area contributed by atoms with Gasteiger partial charge in [-0.15, -0.1) is 0 Å². The average Bonchev–Trinajstić information content (AvgIpc) is 2.16. The molecular formula is C3H5FNO2S-. The maximum atomic E-state index is 12.2. The van der Waals surface area contributed by atoms with Gasteiger partial charge in [0.25, 0.3) is 0 Å². The summed E-state index contributed by atoms with van der Waals surface area (Å²) in [6, 6.07) is 0. The van der Waals surface area contributed by atoms with Crippen molar-refractivity contribution in [1.29, 1.82) is 0 Å². The number of nitrogens with one attached hydrogen (secondary N) is 1. The molecule has 0 aromatic carbocycles. The van der Waals surface area contributed by atoms with Crippen LogP contribution in [-0.2, 0) is 10.0 Å². The van der Waals surface area contributed by atoms with E-state index in [1.54, 1.807) is 0 Å². The Morgan fingerprint density at radius 3 is 1.88 bits per heavy atom. The van der Waals surface area contributed by atoms with Crippen LogP contribution in [0.2, 0.25) is 0 Å². The van der Waals surface area contributed by atoms with Gasteiger partial charge in [0.2, 0.25) is 0 Å². The van der Waals surface area contributed by atoms with Crippen molar-refractivity contribution in [2.45, 2.75) is 17.8 Å². The van der Waals surface area contributed by atoms with Gasteiger partial charge in [-0.2, -0.15) is 0 Å². The summed E-state index contributed by atoms with van der Waals surface area (Å²) in [7, 11) is -4.15. The molecular weight excluding hydrogens is 133 g/mol. The first-order valence-electron chi connectivity index (χ1n) is 2.14. The second-order valence-corrected chi connectivity index (χ2v) is 3.63. The monoisotopic (exact) mass is 138 g/mol. The molecule has 0 heterocycles. The van der Waals surface area contributed by atoms with Gasteiger partial charge in [-0.05, 0) is 12.8 Å². The summed E-state index contributed by atoms with van der Waals surface area (Å²) in [6.45, 7) is 0. The molecule has 0 saturated heterocycles. The number of alkyl halides is 1. The normalized spacial score (nSPS) is 25.2. The Morgan fingerprint density at radius 1 is 1.50 bits per heavy atom. The van der Waals surface area contributed by atoms with Crippen molar-refractivity contribution in [3.63, 3.8) is 0 Å². The van der Waals surface area contributed by atoms with Crippen LogP contribution in [0.15, 0.2) is 0 Å². The minimum absolute atomic E-state index is 0.00116. The molecule has 0 unspecified atom stereocenters. The Labute approximate surface area is 46.7 Å². The van der Waals surface area contributed by atoms with E-state index in [1.807, 2.05) is 0 Å². The lowest BCUT2D eigenvalue weighted by Gasteiger charge is -2.06. The van der Waals surface area contributed by atoms with E-state index in [1.165, 1.54) is 0 Å². The van der Waals surface area contributed by atoms with Gasteiger partial charge in [-0.25, -0.2) is 12.8 Å². The summed E-state index contributed by atoms with van der Waals surface area (Å²) in [5.41, 5.74) is 0. The highest BCUT2D eigenvalue weighted by Crippen LogP contribution is 2.45. The number of sulfonamides is 1. The molecule has 5 heteroatoms. The Bertz CT molecular complexity index is 193. The third kappa shape index (κ3) is 0.714. The number of rotatable bonds is 1. The topological polar surface area (TPSA) is 57.9 Å². The van der Waals surface area contributed by atoms with E-state index in [4.69, 9.17) is 5.14 Å². The van der Waals surface area contributed by atoms with Crippen molar-refractivity contribution < 1.29 is 12.8 Å². The van der Waals surface area contributed by atoms with Crippen molar-refractivity contribution in [2.24, 2.45) is 0 Å². The van der Waals surface area contributed by atoms with Crippen LogP contribution in [0.1, 0.15) is 12.8 Å². The minimum Gasteiger partial charge on any atom is -0.561 e. The number of hydrogen-bond acceptors (Lipinski definition) is 2. The lowest BCUT2D eigenvalue weighted by molar-refractivity contribution is 0.406. The summed E-state index contributed by atoms with van der Waals surface area (Å²) < 4.78 is 32.2. The molecule has 3 nitrogen and oxygen atoms in total. The van der Waals surface area contributed by atoms with Crippen molar-refractivity contribution in [3.8, 4) is 0 Å². The van der Waals surface area contributed by atoms with Crippen molar-refractivity contribution in [1.82, 2.24) is 0 Å². The fourth-order valence-corrected chi connectivity index (χ4v) is 1.01. The average molecular weight is 138 g/mol. The van der Waals surface area contributed by atoms with Crippen LogP contribution >= 0.6 is 0 Å². The zero-order chi connectivity index (χ0) is 6.41. The fraction of sp³-hybridized carbons (Fsp3) is 1.00. The van der Waals surface area contributed by atoms with E-state index in [0.717, 1.165) is 0 Å². The second kappa shape index (κ2) is 1.22. The maximum absolute atomic E-state index is 12.2. The van der Waals surface area contributed by atoms with Crippen LogP contribution in [0.4, 0.5) is 4.39 Å². The first kappa shape index (κ1) is 5.97. The third-order valence-electron chi connectivity index (χ3n) is 1.12. The largest absolute Gasteiger partial charge is 0.561 e. The molecule has 0 spiro atoms. The van der Waals surface area contributed by atoms with Crippen LogP contribution in [0.5, 0.6) is 0 Å². The summed E-state index contributed by atoms with van der Waals surface area (Å²) in [4.78, 5) is 0. The van der Waals surface area contributed by atoms with Crippen LogP contribution in [0.3, 0.4) is 0 Å². The highest BCUT2D eigenvalue weighted by molar-refractivity contribution is 7.94. The van der Waals surface area contributed by atoms with E-state index < -0.39 is 15.0 Å². The minimum atomic E-state index is -4.15. The lowest BCUT2D eigenvalue weighted by atomic mass is 10.9. The predicted octanol–water partition coefficient (Wildman–Crippen LogP) is 0.828. The predicted molar refractivity (Wildman–Crippen MR) is 26.3 cm³/mol. The smallest absolute Gasteiger partial charge is 0.193 e. The summed E-state index contributed by atoms with van der Waals surface area (Å²) >= 11 is 0. The molecule has 48 valence electrons. The van der Waals surface area contributed by atoms with Gasteiger partial charge in [0.05, 0.1) is 0 Å². The standard InChI is InChI=1S/C3H5FNO2S/c4-3(1-2-3)8(5,6)7/h1-2H2,(H-,5,6,7)/q-1. The van der Waals surface area contributed by atoms with E-state index >= 15 is 0 Å². The molecule has 0 aromatic heterocycles. The third-order valence-corrected chi connectivity index (χ3v) is 2.50. The molecule has 0 amide bonds. The van der Waals surface area contributed by atoms with Gasteiger partial charge in [-0.1, -0.05) is 0 Å². The molecule has 8 heavy (non-hydrogen) atoms. The first-order valence-corrected chi connectivity index (χ1v) is 3.62. The van der Waals surface area contributed by atoms with E-state index in [2.05, 4.69) is 0 Å². The van der Waals surface area contributed by atoms with Gasteiger partial charge in [0.15, 0.2) is 5.00 Å². The van der Waals surface area contributed by atoms with Crippen LogP contribution in [0, 0.1) is 0 Å². The van der Waals surface area contributed by atoms with Gasteiger partial charge in [0.1, 0.15) is 10.0 Å². The molecule has 1 aliphatic rings. The summed E-state index contributed by atoms with van der Waals surface area (Å²) in [5, 5.41) is 4.07. The van der Waals surface area contributed by atoms with Crippen LogP contribution < -0.4 is 0 Å². The second-order valence-electron chi connectivity index (χ2n) is 1.89. The van der Waals surface area contributed by atoms with E-state index in [9.17, 15) is 12.8 Å². The maximum Gasteiger partial charge on any atom is 0.193 e. The van der Waals surface area contributed by atoms with Crippen LogP contribution in [0.25, 0.3) is 5.14 Å². The van der Waals surface area contributed by atoms with Crippen molar-refractivity contribution in [3.05, 3.63) is 5.14 Å². The Morgan fingerprint density at radius 2 is 1.88 bits per heavy atom. The molecule has 1 saturated carbocycles. The molecule has 0 aliphatic heterocycles. The molecule has 1 aliphatic carbocycles.